The first-order valence-corrected chi connectivity index (χ1v) is 13.1. The predicted molar refractivity (Wildman–Crippen MR) is 155 cm³/mol. The number of hydrogen-bond donors (Lipinski definition) is 2. The molecule has 41 heavy (non-hydrogen) atoms. The molecule has 212 valence electrons. The normalized spacial score (nSPS) is 14.1. The van der Waals surface area contributed by atoms with Gasteiger partial charge in [0.15, 0.2) is 18.1 Å². The van der Waals surface area contributed by atoms with Crippen LogP contribution in [0.2, 0.25) is 5.02 Å². The van der Waals surface area contributed by atoms with Crippen molar-refractivity contribution >= 4 is 52.8 Å². The Balaban J connectivity index is 1.49. The quantitative estimate of drug-likeness (QED) is 0.253. The summed E-state index contributed by atoms with van der Waals surface area (Å²) in [4.78, 5) is 51.6. The third kappa shape index (κ3) is 7.03. The summed E-state index contributed by atoms with van der Waals surface area (Å²) in [7, 11) is 1.44. The average molecular weight is 578 g/mol. The summed E-state index contributed by atoms with van der Waals surface area (Å²) < 4.78 is 16.5. The van der Waals surface area contributed by atoms with Gasteiger partial charge in [-0.15, -0.1) is 0 Å². The Bertz CT molecular complexity index is 1520. The highest BCUT2D eigenvalue weighted by atomic mass is 35.5. The zero-order chi connectivity index (χ0) is 29.5. The van der Waals surface area contributed by atoms with E-state index in [0.29, 0.717) is 29.4 Å². The lowest BCUT2D eigenvalue weighted by atomic mass is 10.1. The Morgan fingerprint density at radius 3 is 2.39 bits per heavy atom. The molecule has 0 bridgehead atoms. The van der Waals surface area contributed by atoms with Gasteiger partial charge in [0.1, 0.15) is 11.3 Å². The number of carbonyl (C=O) groups is 4. The number of imide groups is 2. The van der Waals surface area contributed by atoms with E-state index in [1.165, 1.54) is 37.5 Å². The molecule has 1 saturated heterocycles. The number of ether oxygens (including phenoxy) is 3. The molecule has 0 radical (unpaired) electrons. The molecule has 1 fully saturated rings. The maximum atomic E-state index is 13.3. The summed E-state index contributed by atoms with van der Waals surface area (Å²) in [6, 6.07) is 15.6. The van der Waals surface area contributed by atoms with Crippen LogP contribution in [0, 0.1) is 6.92 Å². The Morgan fingerprint density at radius 2 is 1.71 bits per heavy atom. The van der Waals surface area contributed by atoms with Crippen molar-refractivity contribution in [3.05, 3.63) is 82.4 Å². The highest BCUT2D eigenvalue weighted by Gasteiger charge is 2.37. The molecule has 0 aliphatic carbocycles. The number of nitrogens with zero attached hydrogens (tertiary/aromatic N) is 1. The van der Waals surface area contributed by atoms with Crippen LogP contribution in [0.15, 0.2) is 66.2 Å². The lowest BCUT2D eigenvalue weighted by Crippen LogP contribution is -2.54. The highest BCUT2D eigenvalue weighted by molar-refractivity contribution is 6.39. The minimum atomic E-state index is -0.896. The molecule has 0 spiro atoms. The van der Waals surface area contributed by atoms with Crippen molar-refractivity contribution in [1.29, 1.82) is 0 Å². The van der Waals surface area contributed by atoms with E-state index in [-0.39, 0.29) is 34.5 Å². The number of rotatable bonds is 10. The zero-order valence-corrected chi connectivity index (χ0v) is 23.4. The molecule has 1 aliphatic rings. The highest BCUT2D eigenvalue weighted by Crippen LogP contribution is 2.34. The van der Waals surface area contributed by atoms with Crippen molar-refractivity contribution in [2.45, 2.75) is 20.3 Å². The molecule has 2 N–H and O–H groups in total. The van der Waals surface area contributed by atoms with Crippen LogP contribution in [-0.4, -0.2) is 44.1 Å². The monoisotopic (exact) mass is 577 g/mol. The second-order valence-electron chi connectivity index (χ2n) is 9.03. The number of benzene rings is 3. The summed E-state index contributed by atoms with van der Waals surface area (Å²) in [5.74, 6) is -1.02. The van der Waals surface area contributed by atoms with Gasteiger partial charge in [0, 0.05) is 11.8 Å². The van der Waals surface area contributed by atoms with Gasteiger partial charge in [-0.3, -0.25) is 19.7 Å². The molecule has 0 saturated carbocycles. The van der Waals surface area contributed by atoms with Gasteiger partial charge in [-0.05, 0) is 61.4 Å². The Hall–Kier alpha value is -4.83. The molecule has 0 aromatic heterocycles. The second-order valence-corrected chi connectivity index (χ2v) is 9.44. The number of aryl methyl sites for hydroxylation is 1. The van der Waals surface area contributed by atoms with Gasteiger partial charge < -0.3 is 19.5 Å². The van der Waals surface area contributed by atoms with Crippen LogP contribution < -0.4 is 29.7 Å². The Morgan fingerprint density at radius 1 is 0.976 bits per heavy atom. The van der Waals surface area contributed by atoms with Gasteiger partial charge in [0.2, 0.25) is 0 Å². The molecule has 1 heterocycles. The largest absolute Gasteiger partial charge is 0.493 e. The molecular weight excluding hydrogens is 550 g/mol. The van der Waals surface area contributed by atoms with E-state index in [4.69, 9.17) is 25.8 Å². The van der Waals surface area contributed by atoms with E-state index < -0.39 is 17.8 Å². The van der Waals surface area contributed by atoms with Crippen molar-refractivity contribution in [2.24, 2.45) is 0 Å². The van der Waals surface area contributed by atoms with Crippen LogP contribution >= 0.6 is 11.6 Å². The van der Waals surface area contributed by atoms with Crippen LogP contribution in [0.1, 0.15) is 24.5 Å². The first kappa shape index (κ1) is 29.2. The molecule has 11 heteroatoms. The molecule has 10 nitrogen and oxygen atoms in total. The van der Waals surface area contributed by atoms with Gasteiger partial charge in [0.25, 0.3) is 17.7 Å². The smallest absolute Gasteiger partial charge is 0.335 e. The van der Waals surface area contributed by atoms with E-state index in [0.717, 1.165) is 16.9 Å². The van der Waals surface area contributed by atoms with Gasteiger partial charge in [-0.1, -0.05) is 42.3 Å². The molecule has 3 aromatic carbocycles. The number of barbiturate groups is 1. The second kappa shape index (κ2) is 13.0. The lowest BCUT2D eigenvalue weighted by molar-refractivity contribution is -0.122. The molecule has 1 aliphatic heterocycles. The number of methoxy groups -OCH3 is 1. The number of urea groups is 1. The molecule has 3 aromatic rings. The van der Waals surface area contributed by atoms with Crippen LogP contribution in [0.4, 0.5) is 16.2 Å². The third-order valence-corrected chi connectivity index (χ3v) is 6.23. The summed E-state index contributed by atoms with van der Waals surface area (Å²) in [5.41, 5.74) is 2.02. The van der Waals surface area contributed by atoms with Crippen LogP contribution in [0.3, 0.4) is 0 Å². The molecule has 4 rings (SSSR count). The van der Waals surface area contributed by atoms with Crippen LogP contribution in [0.25, 0.3) is 6.08 Å². The number of halogens is 1. The SMILES string of the molecule is CCCOc1ccc(N2C(=O)NC(=O)/C(=C\c3ccc(OCC(=O)Nc4ccc(C)cc4)c(Cl)c3)C2=O)cc1OC. The maximum Gasteiger partial charge on any atom is 0.335 e. The average Bonchev–Trinajstić information content (AvgIpc) is 2.95. The topological polar surface area (TPSA) is 123 Å². The summed E-state index contributed by atoms with van der Waals surface area (Å²) >= 11 is 6.35. The third-order valence-electron chi connectivity index (χ3n) is 5.93. The summed E-state index contributed by atoms with van der Waals surface area (Å²) in [6.07, 6.45) is 2.10. The van der Waals surface area contributed by atoms with E-state index in [1.54, 1.807) is 24.3 Å². The van der Waals surface area contributed by atoms with Crippen molar-refractivity contribution < 1.29 is 33.4 Å². The Kier molecular flexibility index (Phi) is 9.26. The maximum absolute atomic E-state index is 13.3. The van der Waals surface area contributed by atoms with Gasteiger partial charge in [-0.2, -0.15) is 0 Å². The molecule has 5 amide bonds. The molecular formula is C30H28ClN3O7. The number of carbonyl (C=O) groups excluding carboxylic acids is 4. The van der Waals surface area contributed by atoms with E-state index in [1.807, 2.05) is 26.0 Å². The Labute approximate surface area is 241 Å². The first-order chi connectivity index (χ1) is 19.7. The lowest BCUT2D eigenvalue weighted by Gasteiger charge is -2.27. The minimum absolute atomic E-state index is 0.159. The van der Waals surface area contributed by atoms with Crippen LogP contribution in [0.5, 0.6) is 17.2 Å². The van der Waals surface area contributed by atoms with Crippen molar-refractivity contribution in [3.63, 3.8) is 0 Å². The van der Waals surface area contributed by atoms with E-state index in [2.05, 4.69) is 10.6 Å². The number of hydrogen-bond acceptors (Lipinski definition) is 7. The minimum Gasteiger partial charge on any atom is -0.493 e. The summed E-state index contributed by atoms with van der Waals surface area (Å²) in [6.45, 7) is 4.09. The van der Waals surface area contributed by atoms with Gasteiger partial charge in [0.05, 0.1) is 24.4 Å². The van der Waals surface area contributed by atoms with Gasteiger partial charge in [-0.25, -0.2) is 9.69 Å². The zero-order valence-electron chi connectivity index (χ0n) is 22.7. The predicted octanol–water partition coefficient (Wildman–Crippen LogP) is 5.13. The fourth-order valence-electron chi connectivity index (χ4n) is 3.89. The van der Waals surface area contributed by atoms with Crippen molar-refractivity contribution in [1.82, 2.24) is 5.32 Å². The summed E-state index contributed by atoms with van der Waals surface area (Å²) in [5, 5.41) is 5.07. The van der Waals surface area contributed by atoms with Crippen LogP contribution in [-0.2, 0) is 14.4 Å². The fraction of sp³-hybridized carbons (Fsp3) is 0.200. The van der Waals surface area contributed by atoms with E-state index >= 15 is 0 Å². The fourth-order valence-corrected chi connectivity index (χ4v) is 4.13. The molecule has 0 atom stereocenters. The van der Waals surface area contributed by atoms with Gasteiger partial charge >= 0.3 is 6.03 Å². The van der Waals surface area contributed by atoms with E-state index in [9.17, 15) is 19.2 Å². The number of anilines is 2. The van der Waals surface area contributed by atoms with Crippen molar-refractivity contribution in [3.8, 4) is 17.2 Å². The van der Waals surface area contributed by atoms with Crippen molar-refractivity contribution in [2.75, 3.05) is 30.5 Å². The number of nitrogens with one attached hydrogen (secondary N) is 2. The first-order valence-electron chi connectivity index (χ1n) is 12.7. The standard InChI is InChI=1S/C30H28ClN3O7/c1-4-13-40-25-12-10-21(16-26(25)39-3)34-29(37)22(28(36)33-30(34)38)14-19-7-11-24(23(31)15-19)41-17-27(35)32-20-8-5-18(2)6-9-20/h5-12,14-16H,4,13,17H2,1-3H3,(H,32,35)(H,33,36,38)/b22-14+. The number of amides is 5. The molecule has 0 unspecified atom stereocenters.